The molecule has 8 aromatic carbocycles. The van der Waals surface area contributed by atoms with Crippen molar-refractivity contribution in [2.24, 2.45) is 0 Å². The number of rotatable bonds is 7. The molecule has 0 saturated carbocycles. The molecule has 0 aliphatic carbocycles. The minimum absolute atomic E-state index is 0.523. The van der Waals surface area contributed by atoms with Crippen molar-refractivity contribution in [3.63, 3.8) is 0 Å². The molecule has 0 spiro atoms. The number of para-hydroxylation sites is 8. The van der Waals surface area contributed by atoms with Crippen molar-refractivity contribution in [1.82, 2.24) is 34.1 Å². The average Bonchev–Trinajstić information content (AvgIpc) is 4.04. The Labute approximate surface area is 349 Å². The first-order valence-corrected chi connectivity index (χ1v) is 20.2. The molecule has 0 aliphatic rings. The highest BCUT2D eigenvalue weighted by molar-refractivity contribution is 6.09. The predicted molar refractivity (Wildman–Crippen MR) is 244 cm³/mol. The van der Waals surface area contributed by atoms with E-state index in [2.05, 4.69) is 118 Å². The Morgan fingerprint density at radius 2 is 0.770 bits per heavy atom. The Hall–Kier alpha value is -8.49. The molecule has 0 saturated heterocycles. The van der Waals surface area contributed by atoms with Crippen molar-refractivity contribution >= 4 is 44.0 Å². The summed E-state index contributed by atoms with van der Waals surface area (Å²) in [6.07, 6.45) is 0. The SMILES string of the molecule is c1ccc(-n2c(-c3ccc(-c4nc(-c5ccc(-c6nc7ccccc7n6-c6ccccc6)cc5)nc(-c5cccc6c5oc5ccccc56)n4)cc3)nc3ccccc32)cc1. The van der Waals surface area contributed by atoms with Gasteiger partial charge in [-0.1, -0.05) is 140 Å². The van der Waals surface area contributed by atoms with Crippen LogP contribution in [0.4, 0.5) is 0 Å². The van der Waals surface area contributed by atoms with Gasteiger partial charge in [0, 0.05) is 44.4 Å². The Bertz CT molecular complexity index is 3390. The van der Waals surface area contributed by atoms with Gasteiger partial charge in [-0.25, -0.2) is 24.9 Å². The van der Waals surface area contributed by atoms with Crippen molar-refractivity contribution in [2.75, 3.05) is 0 Å². The smallest absolute Gasteiger partial charge is 0.167 e. The lowest BCUT2D eigenvalue weighted by molar-refractivity contribution is 0.669. The molecule has 4 heterocycles. The van der Waals surface area contributed by atoms with E-state index in [1.54, 1.807) is 0 Å². The zero-order valence-corrected chi connectivity index (χ0v) is 32.6. The summed E-state index contributed by atoms with van der Waals surface area (Å²) in [6, 6.07) is 68.0. The highest BCUT2D eigenvalue weighted by Crippen LogP contribution is 2.37. The maximum Gasteiger partial charge on any atom is 0.167 e. The molecule has 12 rings (SSSR count). The normalized spacial score (nSPS) is 11.6. The van der Waals surface area contributed by atoms with Gasteiger partial charge in [-0.2, -0.15) is 0 Å². The topological polar surface area (TPSA) is 87.5 Å². The van der Waals surface area contributed by atoms with E-state index in [-0.39, 0.29) is 0 Å². The molecule has 0 fully saturated rings. The van der Waals surface area contributed by atoms with Gasteiger partial charge in [0.25, 0.3) is 0 Å². The van der Waals surface area contributed by atoms with E-state index in [9.17, 15) is 0 Å². The Morgan fingerprint density at radius 3 is 1.33 bits per heavy atom. The van der Waals surface area contributed by atoms with Crippen LogP contribution >= 0.6 is 0 Å². The van der Waals surface area contributed by atoms with Gasteiger partial charge in [0.15, 0.2) is 17.5 Å². The summed E-state index contributed by atoms with van der Waals surface area (Å²) in [7, 11) is 0. The van der Waals surface area contributed by atoms with Gasteiger partial charge < -0.3 is 4.42 Å². The largest absolute Gasteiger partial charge is 0.455 e. The van der Waals surface area contributed by atoms with Crippen LogP contribution in [0, 0.1) is 0 Å². The van der Waals surface area contributed by atoms with Gasteiger partial charge >= 0.3 is 0 Å². The highest BCUT2D eigenvalue weighted by atomic mass is 16.3. The third kappa shape index (κ3) is 5.88. The molecule has 4 aromatic heterocycles. The first kappa shape index (κ1) is 34.5. The number of imidazole rings is 2. The molecule has 8 heteroatoms. The fourth-order valence-corrected chi connectivity index (χ4v) is 8.33. The molecule has 286 valence electrons. The zero-order chi connectivity index (χ0) is 40.3. The molecule has 0 aliphatic heterocycles. The molecule has 12 aromatic rings. The number of hydrogen-bond acceptors (Lipinski definition) is 6. The second-order valence-electron chi connectivity index (χ2n) is 14.9. The lowest BCUT2D eigenvalue weighted by Gasteiger charge is -2.12. The molecule has 61 heavy (non-hydrogen) atoms. The van der Waals surface area contributed by atoms with Gasteiger partial charge in [0.05, 0.1) is 27.6 Å². The standard InChI is InChI=1S/C53H33N7O/c1-3-14-38(15-4-1)59-45-23-10-8-21-43(45)54-52(59)36-30-26-34(27-31-36)49-56-50(58-51(57-49)42-20-13-19-41-40-18-7-12-25-47(40)61-48(41)42)35-28-32-37(33-29-35)53-55-44-22-9-11-24-46(44)60(53)39-16-5-2-6-17-39/h1-33H. The minimum Gasteiger partial charge on any atom is -0.455 e. The van der Waals surface area contributed by atoms with Gasteiger partial charge in [-0.05, 0) is 60.7 Å². The molecule has 0 N–H and O–H groups in total. The number of hydrogen-bond donors (Lipinski definition) is 0. The van der Waals surface area contributed by atoms with Crippen molar-refractivity contribution < 1.29 is 4.42 Å². The van der Waals surface area contributed by atoms with E-state index in [0.29, 0.717) is 17.5 Å². The highest BCUT2D eigenvalue weighted by Gasteiger charge is 2.20. The first-order chi connectivity index (χ1) is 30.2. The summed E-state index contributed by atoms with van der Waals surface area (Å²) in [5.74, 6) is 3.33. The summed E-state index contributed by atoms with van der Waals surface area (Å²) in [5, 5.41) is 2.05. The van der Waals surface area contributed by atoms with Crippen LogP contribution in [0.2, 0.25) is 0 Å². The zero-order valence-electron chi connectivity index (χ0n) is 32.6. The maximum atomic E-state index is 6.48. The molecule has 0 radical (unpaired) electrons. The summed E-state index contributed by atoms with van der Waals surface area (Å²) in [6.45, 7) is 0. The van der Waals surface area contributed by atoms with Crippen LogP contribution in [0.3, 0.4) is 0 Å². The number of furan rings is 1. The predicted octanol–water partition coefficient (Wildman–Crippen LogP) is 12.8. The maximum absolute atomic E-state index is 6.48. The van der Waals surface area contributed by atoms with Gasteiger partial charge in [-0.15, -0.1) is 0 Å². The van der Waals surface area contributed by atoms with Crippen LogP contribution in [-0.4, -0.2) is 34.1 Å². The third-order valence-electron chi connectivity index (χ3n) is 11.2. The number of benzene rings is 8. The Balaban J connectivity index is 0.991. The summed E-state index contributed by atoms with van der Waals surface area (Å²) >= 11 is 0. The van der Waals surface area contributed by atoms with Crippen molar-refractivity contribution in [3.8, 4) is 68.3 Å². The van der Waals surface area contributed by atoms with Crippen LogP contribution in [0.15, 0.2) is 205 Å². The second-order valence-corrected chi connectivity index (χ2v) is 14.9. The summed E-state index contributed by atoms with van der Waals surface area (Å²) < 4.78 is 10.9. The molecular weight excluding hydrogens is 751 g/mol. The molecule has 0 atom stereocenters. The van der Waals surface area contributed by atoms with Crippen LogP contribution in [0.25, 0.3) is 112 Å². The van der Waals surface area contributed by atoms with Crippen molar-refractivity contribution in [1.29, 1.82) is 0 Å². The van der Waals surface area contributed by atoms with Gasteiger partial charge in [-0.3, -0.25) is 9.13 Å². The molecule has 8 nitrogen and oxygen atoms in total. The minimum atomic E-state index is 0.523. The Morgan fingerprint density at radius 1 is 0.328 bits per heavy atom. The van der Waals surface area contributed by atoms with E-state index in [1.807, 2.05) is 91.0 Å². The number of aromatic nitrogens is 7. The molecular formula is C53H33N7O. The lowest BCUT2D eigenvalue weighted by Crippen LogP contribution is -2.01. The van der Waals surface area contributed by atoms with Crippen molar-refractivity contribution in [2.45, 2.75) is 0 Å². The number of fused-ring (bicyclic) bond motifs is 5. The molecule has 0 bridgehead atoms. The lowest BCUT2D eigenvalue weighted by atomic mass is 10.1. The Kier molecular flexibility index (Phi) is 7.99. The molecule has 0 amide bonds. The van der Waals surface area contributed by atoms with Gasteiger partial charge in [0.1, 0.15) is 22.8 Å². The van der Waals surface area contributed by atoms with Crippen LogP contribution in [0.1, 0.15) is 0 Å². The fraction of sp³-hybridized carbons (Fsp3) is 0. The van der Waals surface area contributed by atoms with Crippen molar-refractivity contribution in [3.05, 3.63) is 200 Å². The first-order valence-electron chi connectivity index (χ1n) is 20.2. The second kappa shape index (κ2) is 14.1. The van der Waals surface area contributed by atoms with E-state index in [1.165, 1.54) is 0 Å². The van der Waals surface area contributed by atoms with Crippen LogP contribution < -0.4 is 0 Å². The fourth-order valence-electron chi connectivity index (χ4n) is 8.33. The quantitative estimate of drug-likeness (QED) is 0.160. The monoisotopic (exact) mass is 783 g/mol. The van der Waals surface area contributed by atoms with E-state index in [4.69, 9.17) is 29.3 Å². The molecule has 0 unspecified atom stereocenters. The van der Waals surface area contributed by atoms with Gasteiger partial charge in [0.2, 0.25) is 0 Å². The van der Waals surface area contributed by atoms with E-state index >= 15 is 0 Å². The van der Waals surface area contributed by atoms with Crippen LogP contribution in [-0.2, 0) is 0 Å². The number of nitrogens with zero attached hydrogens (tertiary/aromatic N) is 7. The third-order valence-corrected chi connectivity index (χ3v) is 11.2. The summed E-state index contributed by atoms with van der Waals surface area (Å²) in [4.78, 5) is 25.6. The van der Waals surface area contributed by atoms with E-state index < -0.39 is 0 Å². The average molecular weight is 784 g/mol. The summed E-state index contributed by atoms with van der Waals surface area (Å²) in [5.41, 5.74) is 12.0. The van der Waals surface area contributed by atoms with E-state index in [0.717, 1.165) is 94.8 Å². The van der Waals surface area contributed by atoms with Crippen LogP contribution in [0.5, 0.6) is 0 Å².